The van der Waals surface area contributed by atoms with E-state index in [1.54, 1.807) is 13.3 Å². The number of allylic oxidation sites excluding steroid dienone is 3. The van der Waals surface area contributed by atoms with E-state index in [1.807, 2.05) is 61.7 Å². The Hall–Kier alpha value is -3.97. The van der Waals surface area contributed by atoms with E-state index in [2.05, 4.69) is 10.3 Å². The quantitative estimate of drug-likeness (QED) is 0.452. The summed E-state index contributed by atoms with van der Waals surface area (Å²) in [5.41, 5.74) is 4.50. The molecule has 3 heterocycles. The number of pyridine rings is 1. The summed E-state index contributed by atoms with van der Waals surface area (Å²) >= 11 is 0. The van der Waals surface area contributed by atoms with Crippen molar-refractivity contribution in [2.75, 3.05) is 20.3 Å². The van der Waals surface area contributed by atoms with E-state index in [1.165, 1.54) is 0 Å². The molecule has 3 aliphatic rings. The minimum Gasteiger partial charge on any atom is -0.496 e. The molecule has 6 rings (SSSR count). The summed E-state index contributed by atoms with van der Waals surface area (Å²) in [4.78, 5) is 32.4. The third-order valence-corrected chi connectivity index (χ3v) is 8.08. The van der Waals surface area contributed by atoms with Crippen LogP contribution in [0, 0.1) is 0 Å². The number of hydrogen-bond donors (Lipinski definition) is 1. The van der Waals surface area contributed by atoms with E-state index in [-0.39, 0.29) is 17.8 Å². The Bertz CT molecular complexity index is 1500. The normalized spacial score (nSPS) is 21.9. The van der Waals surface area contributed by atoms with Crippen molar-refractivity contribution in [3.8, 4) is 5.75 Å². The number of carbonyl (C=O) groups excluding carboxylic acids is 2. The van der Waals surface area contributed by atoms with Crippen molar-refractivity contribution in [3.05, 3.63) is 94.6 Å². The molecule has 39 heavy (non-hydrogen) atoms. The summed E-state index contributed by atoms with van der Waals surface area (Å²) in [7, 11) is 1.65. The molecule has 7 heteroatoms. The number of benzene rings is 2. The second-order valence-electron chi connectivity index (χ2n) is 10.4. The van der Waals surface area contributed by atoms with Crippen molar-refractivity contribution >= 4 is 22.5 Å². The number of para-hydroxylation sites is 1. The Morgan fingerprint density at radius 1 is 1.00 bits per heavy atom. The maximum absolute atomic E-state index is 14.0. The number of ether oxygens (including phenoxy) is 3. The third kappa shape index (κ3) is 4.72. The Morgan fingerprint density at radius 2 is 1.77 bits per heavy atom. The van der Waals surface area contributed by atoms with Gasteiger partial charge in [0.25, 0.3) is 0 Å². The van der Waals surface area contributed by atoms with Gasteiger partial charge in [0.05, 0.1) is 31.8 Å². The molecule has 2 aromatic carbocycles. The number of nitrogens with zero attached hydrogens (tertiary/aromatic N) is 1. The zero-order chi connectivity index (χ0) is 26.9. The molecule has 1 N–H and O–H groups in total. The maximum Gasteiger partial charge on any atom is 0.337 e. The van der Waals surface area contributed by atoms with Gasteiger partial charge in [-0.05, 0) is 35.9 Å². The number of rotatable bonds is 5. The molecule has 0 spiro atoms. The van der Waals surface area contributed by atoms with Gasteiger partial charge in [-0.3, -0.25) is 9.78 Å². The average molecular weight is 525 g/mol. The molecule has 2 aliphatic heterocycles. The molecule has 0 radical (unpaired) electrons. The molecule has 1 saturated heterocycles. The summed E-state index contributed by atoms with van der Waals surface area (Å²) in [6.07, 6.45) is 5.69. The molecule has 7 nitrogen and oxygen atoms in total. The van der Waals surface area contributed by atoms with Gasteiger partial charge >= 0.3 is 5.97 Å². The van der Waals surface area contributed by atoms with Crippen LogP contribution in [0.5, 0.6) is 5.75 Å². The largest absolute Gasteiger partial charge is 0.496 e. The van der Waals surface area contributed by atoms with Gasteiger partial charge in [0.2, 0.25) is 0 Å². The van der Waals surface area contributed by atoms with Gasteiger partial charge in [0.1, 0.15) is 11.9 Å². The van der Waals surface area contributed by atoms with Crippen molar-refractivity contribution < 1.29 is 23.8 Å². The average Bonchev–Trinajstić information content (AvgIpc) is 2.96. The van der Waals surface area contributed by atoms with Crippen LogP contribution < -0.4 is 10.1 Å². The van der Waals surface area contributed by atoms with Crippen LogP contribution in [-0.4, -0.2) is 43.2 Å². The van der Waals surface area contributed by atoms with Crippen LogP contribution in [0.1, 0.15) is 55.6 Å². The van der Waals surface area contributed by atoms with E-state index in [0.717, 1.165) is 33.3 Å². The highest BCUT2D eigenvalue weighted by molar-refractivity contribution is 6.05. The number of methoxy groups -OCH3 is 1. The lowest BCUT2D eigenvalue weighted by atomic mass is 9.71. The minimum absolute atomic E-state index is 0.0152. The van der Waals surface area contributed by atoms with Gasteiger partial charge in [-0.1, -0.05) is 42.5 Å². The van der Waals surface area contributed by atoms with Gasteiger partial charge in [0, 0.05) is 59.9 Å². The fourth-order valence-electron chi connectivity index (χ4n) is 6.22. The number of aromatic nitrogens is 1. The highest BCUT2D eigenvalue weighted by Crippen LogP contribution is 2.48. The number of carbonyl (C=O) groups is 2. The molecule has 0 saturated carbocycles. The van der Waals surface area contributed by atoms with E-state index < -0.39 is 11.9 Å². The lowest BCUT2D eigenvalue weighted by Gasteiger charge is -2.37. The fourth-order valence-corrected chi connectivity index (χ4v) is 6.22. The summed E-state index contributed by atoms with van der Waals surface area (Å²) in [6, 6.07) is 15.8. The molecular formula is C32H32N2O5. The van der Waals surface area contributed by atoms with E-state index in [4.69, 9.17) is 14.2 Å². The van der Waals surface area contributed by atoms with Crippen LogP contribution in [0.15, 0.2) is 83.5 Å². The lowest BCUT2D eigenvalue weighted by molar-refractivity contribution is -0.148. The van der Waals surface area contributed by atoms with Crippen molar-refractivity contribution in [1.82, 2.24) is 10.3 Å². The Labute approximate surface area is 227 Å². The molecule has 2 unspecified atom stereocenters. The summed E-state index contributed by atoms with van der Waals surface area (Å²) in [5.74, 6) is -0.205. The van der Waals surface area contributed by atoms with Gasteiger partial charge < -0.3 is 19.5 Å². The minimum atomic E-state index is -0.571. The summed E-state index contributed by atoms with van der Waals surface area (Å²) in [6.45, 7) is 3.04. The number of fused-ring (bicyclic) bond motifs is 1. The SMILES string of the molecule is COc1ccccc1C1CC(=O)C2=C(C1)NC(C)=C(C(=O)OC1CCOCC1)C2c1cncc2ccccc12. The highest BCUT2D eigenvalue weighted by Gasteiger charge is 2.43. The summed E-state index contributed by atoms with van der Waals surface area (Å²) < 4.78 is 17.1. The highest BCUT2D eigenvalue weighted by atomic mass is 16.6. The van der Waals surface area contributed by atoms with Gasteiger partial charge in [-0.25, -0.2) is 4.79 Å². The molecule has 0 amide bonds. The van der Waals surface area contributed by atoms with Crippen LogP contribution in [0.25, 0.3) is 10.8 Å². The van der Waals surface area contributed by atoms with Crippen LogP contribution >= 0.6 is 0 Å². The number of dihydropyridines is 1. The molecular weight excluding hydrogens is 492 g/mol. The molecule has 3 aromatic rings. The van der Waals surface area contributed by atoms with Crippen LogP contribution in [0.4, 0.5) is 0 Å². The maximum atomic E-state index is 14.0. The van der Waals surface area contributed by atoms with E-state index in [0.29, 0.717) is 55.7 Å². The fraction of sp³-hybridized carbons (Fsp3) is 0.344. The second-order valence-corrected chi connectivity index (χ2v) is 10.4. The van der Waals surface area contributed by atoms with Crippen molar-refractivity contribution in [1.29, 1.82) is 0 Å². The van der Waals surface area contributed by atoms with Crippen LogP contribution in [0.3, 0.4) is 0 Å². The number of hydrogen-bond acceptors (Lipinski definition) is 7. The smallest absolute Gasteiger partial charge is 0.337 e. The molecule has 0 bridgehead atoms. The van der Waals surface area contributed by atoms with Crippen molar-refractivity contribution in [2.24, 2.45) is 0 Å². The molecule has 2 atom stereocenters. The topological polar surface area (TPSA) is 86.8 Å². The van der Waals surface area contributed by atoms with Crippen LogP contribution in [0.2, 0.25) is 0 Å². The number of Topliss-reactive ketones (excluding diaryl/α,β-unsaturated/α-hetero) is 1. The second kappa shape index (κ2) is 10.7. The van der Waals surface area contributed by atoms with Crippen molar-refractivity contribution in [2.45, 2.75) is 50.5 Å². The van der Waals surface area contributed by atoms with Gasteiger partial charge in [0.15, 0.2) is 5.78 Å². The van der Waals surface area contributed by atoms with Gasteiger partial charge in [-0.2, -0.15) is 0 Å². The number of nitrogens with one attached hydrogen (secondary N) is 1. The van der Waals surface area contributed by atoms with E-state index in [9.17, 15) is 9.59 Å². The van der Waals surface area contributed by atoms with Crippen LogP contribution in [-0.2, 0) is 19.1 Å². The molecule has 1 aliphatic carbocycles. The van der Waals surface area contributed by atoms with E-state index >= 15 is 0 Å². The molecule has 1 aromatic heterocycles. The molecule has 200 valence electrons. The first-order valence-corrected chi connectivity index (χ1v) is 13.5. The first-order chi connectivity index (χ1) is 19.0. The monoisotopic (exact) mass is 524 g/mol. The number of ketones is 1. The van der Waals surface area contributed by atoms with Gasteiger partial charge in [-0.15, -0.1) is 0 Å². The molecule has 1 fully saturated rings. The standard InChI is InChI=1S/C32H32N2O5/c1-19-29(32(36)39-22-11-13-38-14-12-22)30(25-18-33-17-20-7-3-4-8-23(20)25)31-26(34-19)15-21(16-27(31)35)24-9-5-6-10-28(24)37-2/h3-10,17-18,21-22,30,34H,11-16H2,1-2H3. The summed E-state index contributed by atoms with van der Waals surface area (Å²) in [5, 5.41) is 5.38. The predicted molar refractivity (Wildman–Crippen MR) is 147 cm³/mol. The lowest BCUT2D eigenvalue weighted by Crippen LogP contribution is -2.37. The predicted octanol–water partition coefficient (Wildman–Crippen LogP) is 5.33. The zero-order valence-electron chi connectivity index (χ0n) is 22.2. The third-order valence-electron chi connectivity index (χ3n) is 8.08. The number of esters is 1. The first kappa shape index (κ1) is 25.3. The van der Waals surface area contributed by atoms with Crippen molar-refractivity contribution in [3.63, 3.8) is 0 Å². The Balaban J connectivity index is 1.45. The Morgan fingerprint density at radius 3 is 2.59 bits per heavy atom. The zero-order valence-corrected chi connectivity index (χ0v) is 22.2. The Kier molecular flexibility index (Phi) is 6.92. The first-order valence-electron chi connectivity index (χ1n) is 13.5.